The second-order valence-electron chi connectivity index (χ2n) is 6.44. The zero-order chi connectivity index (χ0) is 21.3. The highest BCUT2D eigenvalue weighted by Crippen LogP contribution is 2.34. The van der Waals surface area contributed by atoms with Crippen LogP contribution in [-0.4, -0.2) is 15.4 Å². The molecule has 4 rings (SSSR count). The number of hydrogen-bond acceptors (Lipinski definition) is 2. The van der Waals surface area contributed by atoms with Gasteiger partial charge in [0.1, 0.15) is 5.65 Å². The van der Waals surface area contributed by atoms with Crippen LogP contribution in [0.15, 0.2) is 77.5 Å². The molecule has 0 bridgehead atoms. The van der Waals surface area contributed by atoms with Gasteiger partial charge in [-0.05, 0) is 52.3 Å². The molecule has 5 nitrogen and oxygen atoms in total. The van der Waals surface area contributed by atoms with Gasteiger partial charge < -0.3 is 15.0 Å². The van der Waals surface area contributed by atoms with Crippen molar-refractivity contribution in [2.75, 3.05) is 10.6 Å². The van der Waals surface area contributed by atoms with Gasteiger partial charge in [0.25, 0.3) is 0 Å². The fourth-order valence-corrected chi connectivity index (χ4v) is 3.34. The fraction of sp³-hybridized carbons (Fsp3) is 0.0476. The number of urea groups is 1. The number of nitrogens with zero attached hydrogens (tertiary/aromatic N) is 2. The average Bonchev–Trinajstić information content (AvgIpc) is 3.11. The van der Waals surface area contributed by atoms with E-state index in [4.69, 9.17) is 0 Å². The summed E-state index contributed by atoms with van der Waals surface area (Å²) in [7, 11) is 0. The minimum Gasteiger partial charge on any atom is -0.308 e. The van der Waals surface area contributed by atoms with Crippen molar-refractivity contribution in [2.45, 2.75) is 6.18 Å². The summed E-state index contributed by atoms with van der Waals surface area (Å²) in [6.07, 6.45) is -0.847. The van der Waals surface area contributed by atoms with Crippen LogP contribution in [0, 0.1) is 0 Å². The number of hydrogen-bond donors (Lipinski definition) is 2. The van der Waals surface area contributed by atoms with E-state index in [2.05, 4.69) is 31.5 Å². The first-order valence-electron chi connectivity index (χ1n) is 8.78. The molecule has 2 aromatic carbocycles. The van der Waals surface area contributed by atoms with Crippen LogP contribution in [0.4, 0.5) is 29.3 Å². The first-order valence-corrected chi connectivity index (χ1v) is 9.58. The summed E-state index contributed by atoms with van der Waals surface area (Å²) >= 11 is 3.41. The number of para-hydroxylation sites is 1. The van der Waals surface area contributed by atoms with Crippen molar-refractivity contribution >= 4 is 39.0 Å². The zero-order valence-corrected chi connectivity index (χ0v) is 16.8. The van der Waals surface area contributed by atoms with E-state index in [1.807, 2.05) is 35.0 Å². The second-order valence-corrected chi connectivity index (χ2v) is 7.36. The number of amides is 2. The smallest absolute Gasteiger partial charge is 0.308 e. The Morgan fingerprint density at radius 1 is 0.967 bits per heavy atom. The van der Waals surface area contributed by atoms with Gasteiger partial charge in [0.2, 0.25) is 0 Å². The molecule has 4 aromatic rings. The first kappa shape index (κ1) is 20.0. The van der Waals surface area contributed by atoms with Crippen LogP contribution in [0.5, 0.6) is 0 Å². The summed E-state index contributed by atoms with van der Waals surface area (Å²) in [6.45, 7) is 0. The molecule has 0 radical (unpaired) electrons. The standard InChI is InChI=1S/C21H14BrF3N4O/c22-14-8-9-19-27-18(12-29(19)11-14)13-4-3-5-15(10-13)26-20(30)28-17-7-2-1-6-16(17)21(23,24)25/h1-12H,(H2,26,28,30). The number of benzene rings is 2. The predicted molar refractivity (Wildman–Crippen MR) is 112 cm³/mol. The summed E-state index contributed by atoms with van der Waals surface area (Å²) in [5, 5.41) is 4.82. The van der Waals surface area contributed by atoms with E-state index in [1.165, 1.54) is 18.2 Å². The first-order chi connectivity index (χ1) is 14.3. The van der Waals surface area contributed by atoms with E-state index in [0.717, 1.165) is 21.7 Å². The van der Waals surface area contributed by atoms with Crippen LogP contribution in [0.1, 0.15) is 5.56 Å². The minimum atomic E-state index is -4.57. The molecule has 2 aromatic heterocycles. The van der Waals surface area contributed by atoms with Gasteiger partial charge in [-0.3, -0.25) is 0 Å². The Hall–Kier alpha value is -3.33. The van der Waals surface area contributed by atoms with Gasteiger partial charge in [0, 0.05) is 28.1 Å². The summed E-state index contributed by atoms with van der Waals surface area (Å²) in [6, 6.07) is 14.7. The van der Waals surface area contributed by atoms with E-state index < -0.39 is 17.8 Å². The Bertz CT molecular complexity index is 1240. The van der Waals surface area contributed by atoms with E-state index in [0.29, 0.717) is 11.4 Å². The Balaban J connectivity index is 1.54. The number of carbonyl (C=O) groups is 1. The second kappa shape index (κ2) is 7.83. The molecule has 0 saturated heterocycles. The lowest BCUT2D eigenvalue weighted by Crippen LogP contribution is -2.21. The van der Waals surface area contributed by atoms with Crippen molar-refractivity contribution in [3.05, 3.63) is 83.1 Å². The van der Waals surface area contributed by atoms with Crippen LogP contribution in [0.3, 0.4) is 0 Å². The number of alkyl halides is 3. The third-order valence-corrected chi connectivity index (χ3v) is 4.78. The van der Waals surface area contributed by atoms with Crippen molar-refractivity contribution in [3.63, 3.8) is 0 Å². The molecule has 2 heterocycles. The number of carbonyl (C=O) groups excluding carboxylic acids is 1. The maximum Gasteiger partial charge on any atom is 0.418 e. The Morgan fingerprint density at radius 2 is 1.77 bits per heavy atom. The summed E-state index contributed by atoms with van der Waals surface area (Å²) in [5.74, 6) is 0. The van der Waals surface area contributed by atoms with Gasteiger partial charge in [-0.25, -0.2) is 9.78 Å². The van der Waals surface area contributed by atoms with E-state index >= 15 is 0 Å². The molecule has 0 atom stereocenters. The quantitative estimate of drug-likeness (QED) is 0.359. The molecule has 0 aliphatic heterocycles. The highest BCUT2D eigenvalue weighted by atomic mass is 79.9. The number of pyridine rings is 1. The van der Waals surface area contributed by atoms with Crippen LogP contribution in [-0.2, 0) is 6.18 Å². The van der Waals surface area contributed by atoms with Crippen LogP contribution < -0.4 is 10.6 Å². The van der Waals surface area contributed by atoms with Gasteiger partial charge in [0.15, 0.2) is 0 Å². The number of imidazole rings is 1. The van der Waals surface area contributed by atoms with Crippen LogP contribution >= 0.6 is 15.9 Å². The van der Waals surface area contributed by atoms with Crippen LogP contribution in [0.2, 0.25) is 0 Å². The van der Waals surface area contributed by atoms with Crippen molar-refractivity contribution in [3.8, 4) is 11.3 Å². The van der Waals surface area contributed by atoms with Gasteiger partial charge in [-0.1, -0.05) is 24.3 Å². The SMILES string of the molecule is O=C(Nc1cccc(-c2cn3cc(Br)ccc3n2)c1)Nc1ccccc1C(F)(F)F. The van der Waals surface area contributed by atoms with E-state index in [-0.39, 0.29) is 5.69 Å². The molecule has 0 unspecified atom stereocenters. The minimum absolute atomic E-state index is 0.315. The summed E-state index contributed by atoms with van der Waals surface area (Å²) in [5.41, 5.74) is 1.40. The average molecular weight is 475 g/mol. The predicted octanol–water partition coefficient (Wildman–Crippen LogP) is 6.43. The lowest BCUT2D eigenvalue weighted by molar-refractivity contribution is -0.136. The van der Waals surface area contributed by atoms with Crippen molar-refractivity contribution in [1.29, 1.82) is 0 Å². The number of aromatic nitrogens is 2. The maximum absolute atomic E-state index is 13.1. The third-order valence-electron chi connectivity index (χ3n) is 4.31. The Labute approximate surface area is 177 Å². The lowest BCUT2D eigenvalue weighted by atomic mass is 10.1. The molecule has 0 aliphatic carbocycles. The molecule has 2 N–H and O–H groups in total. The lowest BCUT2D eigenvalue weighted by Gasteiger charge is -2.14. The highest BCUT2D eigenvalue weighted by molar-refractivity contribution is 9.10. The number of rotatable bonds is 3. The molecule has 0 aliphatic rings. The molecule has 30 heavy (non-hydrogen) atoms. The monoisotopic (exact) mass is 474 g/mol. The number of anilines is 2. The summed E-state index contributed by atoms with van der Waals surface area (Å²) in [4.78, 5) is 16.8. The van der Waals surface area contributed by atoms with Gasteiger partial charge in [-0.15, -0.1) is 0 Å². The van der Waals surface area contributed by atoms with Crippen molar-refractivity contribution in [2.24, 2.45) is 0 Å². The van der Waals surface area contributed by atoms with Gasteiger partial charge in [0.05, 0.1) is 16.9 Å². The van der Waals surface area contributed by atoms with Crippen molar-refractivity contribution in [1.82, 2.24) is 9.38 Å². The van der Waals surface area contributed by atoms with Gasteiger partial charge in [-0.2, -0.15) is 13.2 Å². The van der Waals surface area contributed by atoms with Crippen molar-refractivity contribution < 1.29 is 18.0 Å². The molecular weight excluding hydrogens is 461 g/mol. The fourth-order valence-electron chi connectivity index (χ4n) is 2.98. The largest absolute Gasteiger partial charge is 0.418 e. The molecule has 0 spiro atoms. The molecule has 0 saturated carbocycles. The highest BCUT2D eigenvalue weighted by Gasteiger charge is 2.33. The van der Waals surface area contributed by atoms with Gasteiger partial charge >= 0.3 is 12.2 Å². The number of nitrogens with one attached hydrogen (secondary N) is 2. The number of fused-ring (bicyclic) bond motifs is 1. The Morgan fingerprint density at radius 3 is 2.57 bits per heavy atom. The third kappa shape index (κ3) is 4.30. The van der Waals surface area contributed by atoms with Crippen LogP contribution in [0.25, 0.3) is 16.9 Å². The number of halogens is 4. The summed E-state index contributed by atoms with van der Waals surface area (Å²) < 4.78 is 42.1. The molecule has 9 heteroatoms. The Kier molecular flexibility index (Phi) is 5.21. The molecular formula is C21H14BrF3N4O. The topological polar surface area (TPSA) is 58.4 Å². The zero-order valence-electron chi connectivity index (χ0n) is 15.2. The molecule has 2 amide bonds. The normalized spacial score (nSPS) is 11.5. The maximum atomic E-state index is 13.1. The van der Waals surface area contributed by atoms with E-state index in [1.54, 1.807) is 18.2 Å². The van der Waals surface area contributed by atoms with E-state index in [9.17, 15) is 18.0 Å². The molecule has 152 valence electrons. The molecule has 0 fully saturated rings.